The predicted molar refractivity (Wildman–Crippen MR) is 81.0 cm³/mol. The lowest BCUT2D eigenvalue weighted by molar-refractivity contribution is 0.280. The van der Waals surface area contributed by atoms with E-state index >= 15 is 0 Å². The number of likely N-dealkylation sites (N-methyl/N-ethyl adjacent to an activating group) is 1. The van der Waals surface area contributed by atoms with E-state index < -0.39 is 9.84 Å². The highest BCUT2D eigenvalue weighted by Crippen LogP contribution is 2.31. The first-order valence-electron chi connectivity index (χ1n) is 7.61. The molecular weight excluding hydrogens is 290 g/mol. The molecule has 21 heavy (non-hydrogen) atoms. The average Bonchev–Trinajstić information content (AvgIpc) is 2.96. The van der Waals surface area contributed by atoms with Gasteiger partial charge in [0.1, 0.15) is 0 Å². The lowest BCUT2D eigenvalue weighted by atomic mass is 9.89. The Morgan fingerprint density at radius 1 is 1.38 bits per heavy atom. The summed E-state index contributed by atoms with van der Waals surface area (Å²) in [6.07, 6.45) is 0.594. The van der Waals surface area contributed by atoms with Crippen molar-refractivity contribution in [3.8, 4) is 0 Å². The maximum absolute atomic E-state index is 11.6. The van der Waals surface area contributed by atoms with Crippen LogP contribution in [0.25, 0.3) is 0 Å². The van der Waals surface area contributed by atoms with Crippen LogP contribution in [0.4, 0.5) is 0 Å². The van der Waals surface area contributed by atoms with Crippen molar-refractivity contribution in [1.82, 2.24) is 15.5 Å². The van der Waals surface area contributed by atoms with E-state index in [1.165, 1.54) is 0 Å². The molecule has 3 atom stereocenters. The molecule has 7 heteroatoms. The number of hydrogen-bond acceptors (Lipinski definition) is 6. The Bertz CT molecular complexity index is 568. The molecule has 0 aliphatic carbocycles. The summed E-state index contributed by atoms with van der Waals surface area (Å²) in [6, 6.07) is 0.232. The summed E-state index contributed by atoms with van der Waals surface area (Å²) in [6.45, 7) is 9.31. The Labute approximate surface area is 126 Å². The smallest absolute Gasteiger partial charge is 0.231 e. The van der Waals surface area contributed by atoms with E-state index in [4.69, 9.17) is 4.52 Å². The van der Waals surface area contributed by atoms with Crippen LogP contribution in [0.1, 0.15) is 57.7 Å². The van der Waals surface area contributed by atoms with E-state index in [1.807, 2.05) is 0 Å². The van der Waals surface area contributed by atoms with Crippen LogP contribution in [0.2, 0.25) is 0 Å². The molecule has 0 aromatic carbocycles. The zero-order chi connectivity index (χ0) is 15.6. The Morgan fingerprint density at radius 3 is 2.62 bits per heavy atom. The summed E-state index contributed by atoms with van der Waals surface area (Å²) in [5.74, 6) is 1.89. The number of nitrogens with one attached hydrogen (secondary N) is 1. The third kappa shape index (κ3) is 3.83. The van der Waals surface area contributed by atoms with Crippen LogP contribution in [-0.4, -0.2) is 42.7 Å². The monoisotopic (exact) mass is 315 g/mol. The van der Waals surface area contributed by atoms with Gasteiger partial charge in [0, 0.05) is 12.0 Å². The summed E-state index contributed by atoms with van der Waals surface area (Å²) in [5, 5.41) is 7.42. The SMILES string of the molecule is CCNC(C)C(c1nc(C2CCS(=O)(=O)C2)no1)C(C)C. The van der Waals surface area contributed by atoms with E-state index in [9.17, 15) is 8.42 Å². The second kappa shape index (κ2) is 6.44. The summed E-state index contributed by atoms with van der Waals surface area (Å²) in [7, 11) is -2.93. The van der Waals surface area contributed by atoms with E-state index in [0.717, 1.165) is 6.54 Å². The van der Waals surface area contributed by atoms with Crippen LogP contribution in [0.3, 0.4) is 0 Å². The third-order valence-electron chi connectivity index (χ3n) is 4.12. The van der Waals surface area contributed by atoms with Crippen LogP contribution in [0, 0.1) is 5.92 Å². The maximum Gasteiger partial charge on any atom is 0.231 e. The van der Waals surface area contributed by atoms with E-state index in [-0.39, 0.29) is 29.4 Å². The average molecular weight is 315 g/mol. The van der Waals surface area contributed by atoms with Crippen molar-refractivity contribution in [3.63, 3.8) is 0 Å². The first-order valence-corrected chi connectivity index (χ1v) is 9.43. The van der Waals surface area contributed by atoms with Crippen molar-refractivity contribution >= 4 is 9.84 Å². The fraction of sp³-hybridized carbons (Fsp3) is 0.857. The number of sulfone groups is 1. The number of aromatic nitrogens is 2. The van der Waals surface area contributed by atoms with Gasteiger partial charge in [-0.2, -0.15) is 4.98 Å². The number of nitrogens with zero attached hydrogens (tertiary/aromatic N) is 2. The van der Waals surface area contributed by atoms with Gasteiger partial charge in [0.25, 0.3) is 0 Å². The lowest BCUT2D eigenvalue weighted by Gasteiger charge is -2.24. The van der Waals surface area contributed by atoms with Gasteiger partial charge in [-0.15, -0.1) is 0 Å². The molecule has 120 valence electrons. The molecule has 1 N–H and O–H groups in total. The molecule has 0 saturated carbocycles. The second-order valence-corrected chi connectivity index (χ2v) is 8.44. The largest absolute Gasteiger partial charge is 0.339 e. The summed E-state index contributed by atoms with van der Waals surface area (Å²) in [4.78, 5) is 4.50. The molecule has 6 nitrogen and oxygen atoms in total. The molecule has 1 saturated heterocycles. The van der Waals surface area contributed by atoms with Gasteiger partial charge in [-0.25, -0.2) is 8.42 Å². The molecular formula is C14H25N3O3S. The van der Waals surface area contributed by atoms with Gasteiger partial charge in [-0.3, -0.25) is 0 Å². The molecule has 2 rings (SSSR count). The summed E-state index contributed by atoms with van der Waals surface area (Å²) >= 11 is 0. The quantitative estimate of drug-likeness (QED) is 0.860. The van der Waals surface area contributed by atoms with Gasteiger partial charge >= 0.3 is 0 Å². The third-order valence-corrected chi connectivity index (χ3v) is 5.89. The van der Waals surface area contributed by atoms with Gasteiger partial charge < -0.3 is 9.84 Å². The summed E-state index contributed by atoms with van der Waals surface area (Å²) < 4.78 is 28.6. The molecule has 1 aliphatic heterocycles. The van der Waals surface area contributed by atoms with Crippen molar-refractivity contribution in [2.24, 2.45) is 5.92 Å². The number of rotatable bonds is 6. The van der Waals surface area contributed by atoms with E-state index in [1.54, 1.807) is 0 Å². The molecule has 0 amide bonds. The van der Waals surface area contributed by atoms with Crippen LogP contribution < -0.4 is 5.32 Å². The predicted octanol–water partition coefficient (Wildman–Crippen LogP) is 1.71. The van der Waals surface area contributed by atoms with Crippen molar-refractivity contribution in [3.05, 3.63) is 11.7 Å². The highest BCUT2D eigenvalue weighted by molar-refractivity contribution is 7.91. The Balaban J connectivity index is 2.17. The fourth-order valence-corrected chi connectivity index (χ4v) is 4.81. The molecule has 1 aromatic rings. The normalized spacial score (nSPS) is 24.3. The fourth-order valence-electron chi connectivity index (χ4n) is 3.07. The molecule has 0 bridgehead atoms. The molecule has 1 aromatic heterocycles. The van der Waals surface area contributed by atoms with E-state index in [2.05, 4.69) is 43.2 Å². The van der Waals surface area contributed by atoms with Crippen molar-refractivity contribution in [2.45, 2.75) is 52.0 Å². The minimum Gasteiger partial charge on any atom is -0.339 e. The van der Waals surface area contributed by atoms with Gasteiger partial charge in [-0.05, 0) is 25.8 Å². The lowest BCUT2D eigenvalue weighted by Crippen LogP contribution is -2.34. The van der Waals surface area contributed by atoms with Crippen LogP contribution >= 0.6 is 0 Å². The Hall–Kier alpha value is -0.950. The minimum absolute atomic E-state index is 0.116. The maximum atomic E-state index is 11.6. The van der Waals surface area contributed by atoms with Crippen molar-refractivity contribution in [1.29, 1.82) is 0 Å². The standard InChI is InChI=1S/C14H25N3O3S/c1-5-15-10(4)12(9(2)3)14-16-13(17-20-14)11-6-7-21(18,19)8-11/h9-12,15H,5-8H2,1-4H3. The summed E-state index contributed by atoms with van der Waals surface area (Å²) in [5.41, 5.74) is 0. The topological polar surface area (TPSA) is 85.1 Å². The molecule has 1 fully saturated rings. The second-order valence-electron chi connectivity index (χ2n) is 6.21. The Kier molecular flexibility index (Phi) is 5.03. The molecule has 0 spiro atoms. The first kappa shape index (κ1) is 16.4. The van der Waals surface area contributed by atoms with Crippen molar-refractivity contribution < 1.29 is 12.9 Å². The molecule has 3 unspecified atom stereocenters. The van der Waals surface area contributed by atoms with Gasteiger partial charge in [0.2, 0.25) is 5.89 Å². The molecule has 2 heterocycles. The molecule has 1 aliphatic rings. The van der Waals surface area contributed by atoms with Crippen molar-refractivity contribution in [2.75, 3.05) is 18.1 Å². The van der Waals surface area contributed by atoms with Crippen LogP contribution in [-0.2, 0) is 9.84 Å². The van der Waals surface area contributed by atoms with Gasteiger partial charge in [0.15, 0.2) is 15.7 Å². The van der Waals surface area contributed by atoms with E-state index in [0.29, 0.717) is 24.1 Å². The zero-order valence-corrected chi connectivity index (χ0v) is 14.0. The minimum atomic E-state index is -2.93. The number of hydrogen-bond donors (Lipinski definition) is 1. The Morgan fingerprint density at radius 2 is 2.10 bits per heavy atom. The van der Waals surface area contributed by atoms with Gasteiger partial charge in [0.05, 0.1) is 17.4 Å². The highest BCUT2D eigenvalue weighted by Gasteiger charge is 2.34. The van der Waals surface area contributed by atoms with Gasteiger partial charge in [-0.1, -0.05) is 25.9 Å². The first-order chi connectivity index (χ1) is 9.84. The molecule has 0 radical (unpaired) electrons. The highest BCUT2D eigenvalue weighted by atomic mass is 32.2. The zero-order valence-electron chi connectivity index (χ0n) is 13.2. The van der Waals surface area contributed by atoms with Crippen LogP contribution in [0.15, 0.2) is 4.52 Å². The van der Waals surface area contributed by atoms with Crippen LogP contribution in [0.5, 0.6) is 0 Å².